The molecule has 0 bridgehead atoms. The number of nitrogens with one attached hydrogen (secondary N) is 1. The number of carbonyl (C=O) groups excluding carboxylic acids is 2. The van der Waals surface area contributed by atoms with E-state index in [9.17, 15) is 18.0 Å². The lowest BCUT2D eigenvalue weighted by molar-refractivity contribution is -0.117. The fourth-order valence-electron chi connectivity index (χ4n) is 2.88. The van der Waals surface area contributed by atoms with Crippen LogP contribution in [-0.2, 0) is 27.7 Å². The molecule has 0 saturated carbocycles. The Morgan fingerprint density at radius 3 is 2.54 bits per heavy atom. The van der Waals surface area contributed by atoms with Crippen molar-refractivity contribution in [1.29, 1.82) is 0 Å². The molecule has 8 heteroatoms. The quantitative estimate of drug-likeness (QED) is 0.809. The molecule has 0 spiro atoms. The largest absolute Gasteiger partial charge is 0.352 e. The first-order chi connectivity index (χ1) is 12.3. The maximum absolute atomic E-state index is 12.3. The minimum absolute atomic E-state index is 0.0144. The summed E-state index contributed by atoms with van der Waals surface area (Å²) >= 11 is 0. The third-order valence-electron chi connectivity index (χ3n) is 4.37. The van der Waals surface area contributed by atoms with Crippen molar-refractivity contribution in [2.45, 2.75) is 17.7 Å². The second-order valence-electron chi connectivity index (χ2n) is 6.17. The molecule has 3 N–H and O–H groups in total. The van der Waals surface area contributed by atoms with Gasteiger partial charge in [-0.25, -0.2) is 13.6 Å². The summed E-state index contributed by atoms with van der Waals surface area (Å²) in [6, 6.07) is 11.4. The molecule has 0 unspecified atom stereocenters. The Balaban J connectivity index is 1.58. The highest BCUT2D eigenvalue weighted by atomic mass is 32.2. The predicted molar refractivity (Wildman–Crippen MR) is 97.4 cm³/mol. The number of rotatable bonds is 5. The number of primary sulfonamides is 1. The fraction of sp³-hybridized carbons (Fsp3) is 0.222. The molecule has 1 aliphatic heterocycles. The van der Waals surface area contributed by atoms with Crippen LogP contribution in [0.25, 0.3) is 0 Å². The molecule has 136 valence electrons. The van der Waals surface area contributed by atoms with E-state index in [-0.39, 0.29) is 16.7 Å². The van der Waals surface area contributed by atoms with Crippen molar-refractivity contribution >= 4 is 27.5 Å². The molecule has 0 aliphatic carbocycles. The zero-order valence-electron chi connectivity index (χ0n) is 14.2. The maximum Gasteiger partial charge on any atom is 0.251 e. The third-order valence-corrected chi connectivity index (χ3v) is 5.30. The van der Waals surface area contributed by atoms with E-state index < -0.39 is 10.0 Å². The second kappa shape index (κ2) is 6.89. The number of nitrogens with zero attached hydrogens (tertiary/aromatic N) is 1. The highest BCUT2D eigenvalue weighted by Gasteiger charge is 2.24. The molecular formula is C18H19N3O4S. The average molecular weight is 373 g/mol. The molecule has 0 saturated heterocycles. The van der Waals surface area contributed by atoms with Gasteiger partial charge in [0.25, 0.3) is 5.91 Å². The molecule has 0 aromatic heterocycles. The zero-order chi connectivity index (χ0) is 18.9. The molecule has 0 atom stereocenters. The van der Waals surface area contributed by atoms with Crippen molar-refractivity contribution in [3.63, 3.8) is 0 Å². The van der Waals surface area contributed by atoms with Crippen LogP contribution in [0.15, 0.2) is 47.4 Å². The Morgan fingerprint density at radius 1 is 1.19 bits per heavy atom. The van der Waals surface area contributed by atoms with E-state index in [1.165, 1.54) is 12.1 Å². The summed E-state index contributed by atoms with van der Waals surface area (Å²) in [6.45, 7) is 0.406. The van der Waals surface area contributed by atoms with Gasteiger partial charge in [-0.1, -0.05) is 12.1 Å². The van der Waals surface area contributed by atoms with Crippen molar-refractivity contribution in [1.82, 2.24) is 5.32 Å². The first-order valence-electron chi connectivity index (χ1n) is 8.05. The van der Waals surface area contributed by atoms with Crippen LogP contribution in [-0.4, -0.2) is 33.8 Å². The van der Waals surface area contributed by atoms with Gasteiger partial charge in [-0.3, -0.25) is 9.59 Å². The van der Waals surface area contributed by atoms with Gasteiger partial charge in [0.2, 0.25) is 15.9 Å². The lowest BCUT2D eigenvalue weighted by Crippen LogP contribution is -2.25. The van der Waals surface area contributed by atoms with Gasteiger partial charge in [0, 0.05) is 24.8 Å². The van der Waals surface area contributed by atoms with E-state index in [1.807, 2.05) is 0 Å². The lowest BCUT2D eigenvalue weighted by atomic mass is 10.1. The first-order valence-corrected chi connectivity index (χ1v) is 9.60. The minimum Gasteiger partial charge on any atom is -0.352 e. The number of hydrogen-bond donors (Lipinski definition) is 2. The Hall–Kier alpha value is -2.71. The molecule has 0 fully saturated rings. The molecule has 26 heavy (non-hydrogen) atoms. The highest BCUT2D eigenvalue weighted by Crippen LogP contribution is 2.28. The Morgan fingerprint density at radius 2 is 1.88 bits per heavy atom. The summed E-state index contributed by atoms with van der Waals surface area (Å²) < 4.78 is 22.4. The van der Waals surface area contributed by atoms with Gasteiger partial charge in [-0.15, -0.1) is 0 Å². The fourth-order valence-corrected chi connectivity index (χ4v) is 3.40. The number of carbonyl (C=O) groups is 2. The number of benzene rings is 2. The molecule has 1 heterocycles. The van der Waals surface area contributed by atoms with Crippen LogP contribution in [0.2, 0.25) is 0 Å². The standard InChI is InChI=1S/C18H19N3O4S/c1-21-16-7-4-13(10-14(16)11-17(21)22)18(23)20-9-8-12-2-5-15(6-3-12)26(19,24)25/h2-7,10H,8-9,11H2,1H3,(H,20,23)(H2,19,24,25). The van der Waals surface area contributed by atoms with Crippen molar-refractivity contribution in [2.24, 2.45) is 5.14 Å². The summed E-state index contributed by atoms with van der Waals surface area (Å²) in [5.41, 5.74) is 3.08. The highest BCUT2D eigenvalue weighted by molar-refractivity contribution is 7.89. The van der Waals surface area contributed by atoms with Crippen LogP contribution in [0.1, 0.15) is 21.5 Å². The van der Waals surface area contributed by atoms with E-state index in [1.54, 1.807) is 42.3 Å². The number of fused-ring (bicyclic) bond motifs is 1. The van der Waals surface area contributed by atoms with E-state index in [0.29, 0.717) is 24.9 Å². The van der Waals surface area contributed by atoms with Crippen molar-refractivity contribution in [2.75, 3.05) is 18.5 Å². The number of sulfonamides is 1. The summed E-state index contributed by atoms with van der Waals surface area (Å²) in [6.07, 6.45) is 0.867. The number of likely N-dealkylation sites (N-methyl/N-ethyl adjacent to an activating group) is 1. The minimum atomic E-state index is -3.70. The normalized spacial score (nSPS) is 13.6. The Labute approximate surface area is 151 Å². The van der Waals surface area contributed by atoms with Gasteiger partial charge >= 0.3 is 0 Å². The van der Waals surface area contributed by atoms with Crippen LogP contribution in [0, 0.1) is 0 Å². The van der Waals surface area contributed by atoms with Gasteiger partial charge in [0.05, 0.1) is 11.3 Å². The van der Waals surface area contributed by atoms with Crippen LogP contribution in [0.4, 0.5) is 5.69 Å². The first kappa shape index (κ1) is 18.1. The van der Waals surface area contributed by atoms with Crippen LogP contribution < -0.4 is 15.4 Å². The SMILES string of the molecule is CN1C(=O)Cc2cc(C(=O)NCCc3ccc(S(N)(=O)=O)cc3)ccc21. The number of amides is 2. The van der Waals surface area contributed by atoms with E-state index >= 15 is 0 Å². The van der Waals surface area contributed by atoms with Gasteiger partial charge < -0.3 is 10.2 Å². The molecule has 2 aromatic carbocycles. The summed E-state index contributed by atoms with van der Waals surface area (Å²) in [7, 11) is -1.98. The van der Waals surface area contributed by atoms with Gasteiger partial charge in [0.1, 0.15) is 0 Å². The second-order valence-corrected chi connectivity index (χ2v) is 7.73. The summed E-state index contributed by atoms with van der Waals surface area (Å²) in [5, 5.41) is 7.88. The van der Waals surface area contributed by atoms with Crippen molar-refractivity contribution in [3.8, 4) is 0 Å². The zero-order valence-corrected chi connectivity index (χ0v) is 15.0. The molecule has 1 aliphatic rings. The summed E-state index contributed by atoms with van der Waals surface area (Å²) in [4.78, 5) is 25.6. The predicted octanol–water partition coefficient (Wildman–Crippen LogP) is 0.825. The molecule has 7 nitrogen and oxygen atoms in total. The summed E-state index contributed by atoms with van der Waals surface area (Å²) in [5.74, 6) is -0.198. The van der Waals surface area contributed by atoms with Crippen molar-refractivity contribution in [3.05, 3.63) is 59.2 Å². The monoisotopic (exact) mass is 373 g/mol. The smallest absolute Gasteiger partial charge is 0.251 e. The van der Waals surface area contributed by atoms with Crippen LogP contribution >= 0.6 is 0 Å². The lowest BCUT2D eigenvalue weighted by Gasteiger charge is -2.11. The van der Waals surface area contributed by atoms with Gasteiger partial charge in [-0.2, -0.15) is 0 Å². The molecule has 2 amide bonds. The van der Waals surface area contributed by atoms with E-state index in [4.69, 9.17) is 5.14 Å². The molecular weight excluding hydrogens is 354 g/mol. The van der Waals surface area contributed by atoms with Crippen LogP contribution in [0.5, 0.6) is 0 Å². The van der Waals surface area contributed by atoms with E-state index in [2.05, 4.69) is 5.32 Å². The number of hydrogen-bond acceptors (Lipinski definition) is 4. The maximum atomic E-state index is 12.3. The molecule has 2 aromatic rings. The number of nitrogens with two attached hydrogens (primary N) is 1. The van der Waals surface area contributed by atoms with Gasteiger partial charge in [0.15, 0.2) is 0 Å². The third kappa shape index (κ3) is 3.76. The van der Waals surface area contributed by atoms with E-state index in [0.717, 1.165) is 16.8 Å². The molecule has 0 radical (unpaired) electrons. The average Bonchev–Trinajstić information content (AvgIpc) is 2.88. The molecule has 3 rings (SSSR count). The van der Waals surface area contributed by atoms with Gasteiger partial charge in [-0.05, 0) is 47.9 Å². The topological polar surface area (TPSA) is 110 Å². The number of anilines is 1. The van der Waals surface area contributed by atoms with Crippen LogP contribution in [0.3, 0.4) is 0 Å². The van der Waals surface area contributed by atoms with Crippen molar-refractivity contribution < 1.29 is 18.0 Å². The Bertz CT molecular complexity index is 968. The Kier molecular flexibility index (Phi) is 4.80.